The Kier molecular flexibility index (Phi) is 7.17. The highest BCUT2D eigenvalue weighted by molar-refractivity contribution is 7.89. The molecule has 0 radical (unpaired) electrons. The van der Waals surface area contributed by atoms with Crippen molar-refractivity contribution >= 4 is 45.2 Å². The summed E-state index contributed by atoms with van der Waals surface area (Å²) in [5.74, 6) is -2.48. The molecule has 0 saturated carbocycles. The zero-order valence-electron chi connectivity index (χ0n) is 18.3. The lowest BCUT2D eigenvalue weighted by Gasteiger charge is -2.17. The Morgan fingerprint density at radius 3 is 2.29 bits per heavy atom. The van der Waals surface area contributed by atoms with Gasteiger partial charge in [0.25, 0.3) is 0 Å². The predicted molar refractivity (Wildman–Crippen MR) is 120 cm³/mol. The molecule has 0 aliphatic carbocycles. The number of hydrogen-bond donors (Lipinski definition) is 2. The second-order valence-electron chi connectivity index (χ2n) is 6.93. The Bertz CT molecular complexity index is 1260. The van der Waals surface area contributed by atoms with Crippen LogP contribution in [0.4, 0.5) is 16.2 Å². The van der Waals surface area contributed by atoms with Crippen LogP contribution in [0, 0.1) is 0 Å². The second kappa shape index (κ2) is 9.89. The lowest BCUT2D eigenvalue weighted by atomic mass is 10.2. The molecule has 180 valence electrons. The number of benzene rings is 2. The van der Waals surface area contributed by atoms with E-state index in [9.17, 15) is 27.6 Å². The molecule has 1 fully saturated rings. The number of rotatable bonds is 9. The molecule has 1 aliphatic rings. The summed E-state index contributed by atoms with van der Waals surface area (Å²) >= 11 is 0. The van der Waals surface area contributed by atoms with Crippen molar-refractivity contribution in [2.24, 2.45) is 5.14 Å². The smallest absolute Gasteiger partial charge is 0.339 e. The van der Waals surface area contributed by atoms with E-state index in [1.165, 1.54) is 36.4 Å². The number of ether oxygens (including phenoxy) is 2. The maximum Gasteiger partial charge on any atom is 0.339 e. The molecular weight excluding hydrogens is 468 g/mol. The quantitative estimate of drug-likeness (QED) is 0.389. The summed E-state index contributed by atoms with van der Waals surface area (Å²) in [4.78, 5) is 51.1. The molecular formula is C21H22N4O8S. The van der Waals surface area contributed by atoms with E-state index < -0.39 is 40.3 Å². The first-order chi connectivity index (χ1) is 16.1. The van der Waals surface area contributed by atoms with Crippen molar-refractivity contribution in [1.82, 2.24) is 4.90 Å². The Morgan fingerprint density at radius 2 is 1.65 bits per heavy atom. The lowest BCUT2D eigenvalue weighted by molar-refractivity contribution is -0.140. The number of nitrogens with two attached hydrogens (primary N) is 1. The molecule has 2 aromatic rings. The van der Waals surface area contributed by atoms with Crippen LogP contribution in [0.5, 0.6) is 11.5 Å². The third kappa shape index (κ3) is 5.15. The van der Waals surface area contributed by atoms with E-state index in [4.69, 9.17) is 14.6 Å². The molecule has 3 N–H and O–H groups in total. The summed E-state index contributed by atoms with van der Waals surface area (Å²) in [7, 11) is -4.00. The van der Waals surface area contributed by atoms with Gasteiger partial charge in [0.05, 0.1) is 23.8 Å². The highest BCUT2D eigenvalue weighted by Gasteiger charge is 2.46. The molecule has 5 amide bonds. The van der Waals surface area contributed by atoms with Gasteiger partial charge < -0.3 is 14.8 Å². The van der Waals surface area contributed by atoms with E-state index in [0.717, 1.165) is 6.07 Å². The van der Waals surface area contributed by atoms with Crippen LogP contribution in [0.15, 0.2) is 47.4 Å². The fourth-order valence-corrected chi connectivity index (χ4v) is 3.71. The number of anilines is 2. The van der Waals surface area contributed by atoms with Crippen LogP contribution in [-0.2, 0) is 24.4 Å². The Hall–Kier alpha value is -3.97. The summed E-state index contributed by atoms with van der Waals surface area (Å²) in [5, 5.41) is 7.44. The van der Waals surface area contributed by atoms with Gasteiger partial charge in [0, 0.05) is 11.8 Å². The third-order valence-electron chi connectivity index (χ3n) is 4.59. The maximum atomic E-state index is 12.8. The van der Waals surface area contributed by atoms with E-state index in [0.29, 0.717) is 28.8 Å². The number of sulfonamides is 1. The molecule has 0 unspecified atom stereocenters. The van der Waals surface area contributed by atoms with Gasteiger partial charge in [-0.15, -0.1) is 0 Å². The van der Waals surface area contributed by atoms with Crippen molar-refractivity contribution in [3.05, 3.63) is 42.5 Å². The fourth-order valence-electron chi connectivity index (χ4n) is 3.15. The van der Waals surface area contributed by atoms with Crippen LogP contribution in [0.3, 0.4) is 0 Å². The van der Waals surface area contributed by atoms with Crippen LogP contribution in [0.1, 0.15) is 13.8 Å². The molecule has 0 atom stereocenters. The van der Waals surface area contributed by atoms with Gasteiger partial charge in [-0.2, -0.15) is 0 Å². The molecule has 3 rings (SSSR count). The molecule has 1 heterocycles. The van der Waals surface area contributed by atoms with E-state index in [1.807, 2.05) is 0 Å². The molecule has 12 nitrogen and oxygen atoms in total. The lowest BCUT2D eigenvalue weighted by Crippen LogP contribution is -2.39. The number of carbonyl (C=O) groups is 4. The monoisotopic (exact) mass is 490 g/mol. The van der Waals surface area contributed by atoms with Gasteiger partial charge in [-0.25, -0.2) is 28.2 Å². The average Bonchev–Trinajstić information content (AvgIpc) is 2.98. The number of urea groups is 1. The van der Waals surface area contributed by atoms with Crippen LogP contribution in [-0.4, -0.2) is 56.8 Å². The van der Waals surface area contributed by atoms with Gasteiger partial charge in [-0.05, 0) is 44.2 Å². The maximum absolute atomic E-state index is 12.8. The third-order valence-corrected chi connectivity index (χ3v) is 5.50. The van der Waals surface area contributed by atoms with Gasteiger partial charge in [-0.3, -0.25) is 14.4 Å². The van der Waals surface area contributed by atoms with E-state index in [-0.39, 0.29) is 22.0 Å². The summed E-state index contributed by atoms with van der Waals surface area (Å²) in [6.07, 6.45) is 0. The molecule has 34 heavy (non-hydrogen) atoms. The number of imide groups is 2. The van der Waals surface area contributed by atoms with Gasteiger partial charge in [0.2, 0.25) is 15.9 Å². The number of carbonyl (C=O) groups excluding carboxylic acids is 4. The summed E-state index contributed by atoms with van der Waals surface area (Å²) in [6.45, 7) is 3.42. The highest BCUT2D eigenvalue weighted by atomic mass is 32.2. The van der Waals surface area contributed by atoms with Gasteiger partial charge in [0.15, 0.2) is 11.5 Å². The van der Waals surface area contributed by atoms with Crippen molar-refractivity contribution < 1.29 is 37.1 Å². The normalized spacial score (nSPS) is 13.9. The molecule has 13 heteroatoms. The first kappa shape index (κ1) is 24.7. The Balaban J connectivity index is 1.79. The summed E-state index contributed by atoms with van der Waals surface area (Å²) in [5.41, 5.74) is 0.144. The second-order valence-corrected chi connectivity index (χ2v) is 8.49. The van der Waals surface area contributed by atoms with Crippen LogP contribution < -0.4 is 24.8 Å². The number of primary sulfonamides is 1. The number of hydrogen-bond acceptors (Lipinski definition) is 8. The summed E-state index contributed by atoms with van der Waals surface area (Å²) < 4.78 is 33.9. The van der Waals surface area contributed by atoms with Crippen molar-refractivity contribution in [2.75, 3.05) is 30.0 Å². The minimum atomic E-state index is -4.00. The van der Waals surface area contributed by atoms with Crippen molar-refractivity contribution in [2.45, 2.75) is 18.7 Å². The van der Waals surface area contributed by atoms with Gasteiger partial charge in [-0.1, -0.05) is 6.07 Å². The zero-order chi connectivity index (χ0) is 25.0. The molecule has 0 aromatic heterocycles. The fraction of sp³-hybridized carbons (Fsp3) is 0.238. The van der Waals surface area contributed by atoms with Crippen LogP contribution >= 0.6 is 0 Å². The molecule has 2 aromatic carbocycles. The topological polar surface area (TPSA) is 165 Å². The van der Waals surface area contributed by atoms with Gasteiger partial charge in [0.1, 0.15) is 6.54 Å². The zero-order valence-corrected chi connectivity index (χ0v) is 19.1. The minimum absolute atomic E-state index is 0.0685. The highest BCUT2D eigenvalue weighted by Crippen LogP contribution is 2.34. The Labute approximate surface area is 195 Å². The Morgan fingerprint density at radius 1 is 0.971 bits per heavy atom. The van der Waals surface area contributed by atoms with E-state index >= 15 is 0 Å². The number of nitrogens with zero attached hydrogens (tertiary/aromatic N) is 2. The first-order valence-electron chi connectivity index (χ1n) is 10.1. The van der Waals surface area contributed by atoms with E-state index in [2.05, 4.69) is 5.32 Å². The number of nitrogens with one attached hydrogen (secondary N) is 1. The van der Waals surface area contributed by atoms with Crippen molar-refractivity contribution in [3.63, 3.8) is 0 Å². The first-order valence-corrected chi connectivity index (χ1v) is 11.6. The van der Waals surface area contributed by atoms with Crippen LogP contribution in [0.2, 0.25) is 0 Å². The minimum Gasteiger partial charge on any atom is -0.490 e. The standard InChI is InChI=1S/C21H22N4O8S/c1-3-32-16-9-8-14(11-17(16)33-4-2)25-20(28)19(27)24(21(25)29)12-18(26)23-13-6-5-7-15(10-13)34(22,30)31/h5-11H,3-4,12H2,1-2H3,(H,23,26)(H2,22,30,31). The summed E-state index contributed by atoms with van der Waals surface area (Å²) in [6, 6.07) is 8.40. The molecule has 0 bridgehead atoms. The van der Waals surface area contributed by atoms with Gasteiger partial charge >= 0.3 is 17.8 Å². The van der Waals surface area contributed by atoms with E-state index in [1.54, 1.807) is 13.8 Å². The molecule has 1 saturated heterocycles. The average molecular weight is 490 g/mol. The number of amides is 5. The van der Waals surface area contributed by atoms with Crippen LogP contribution in [0.25, 0.3) is 0 Å². The SMILES string of the molecule is CCOc1ccc(N2C(=O)C(=O)N(CC(=O)Nc3cccc(S(N)(=O)=O)c3)C2=O)cc1OCC. The largest absolute Gasteiger partial charge is 0.490 e. The predicted octanol–water partition coefficient (Wildman–Crippen LogP) is 1.07. The van der Waals surface area contributed by atoms with Crippen molar-refractivity contribution in [1.29, 1.82) is 0 Å². The van der Waals surface area contributed by atoms with Crippen molar-refractivity contribution in [3.8, 4) is 11.5 Å². The molecule has 1 aliphatic heterocycles. The molecule has 0 spiro atoms.